The summed E-state index contributed by atoms with van der Waals surface area (Å²) in [7, 11) is 0. The molecule has 28 heavy (non-hydrogen) atoms. The van der Waals surface area contributed by atoms with Crippen LogP contribution < -0.4 is 15.5 Å². The maximum absolute atomic E-state index is 12.5. The number of benzene rings is 2. The van der Waals surface area contributed by atoms with E-state index < -0.39 is 0 Å². The van der Waals surface area contributed by atoms with E-state index in [9.17, 15) is 9.59 Å². The van der Waals surface area contributed by atoms with Gasteiger partial charge in [-0.05, 0) is 55.3 Å². The Labute approximate surface area is 165 Å². The van der Waals surface area contributed by atoms with E-state index in [1.165, 1.54) is 38.5 Å². The van der Waals surface area contributed by atoms with Crippen LogP contribution in [0, 0.1) is 0 Å². The van der Waals surface area contributed by atoms with Crippen molar-refractivity contribution in [3.8, 4) is 0 Å². The SMILES string of the molecule is CC(=O)Nc1cccc(C(=O)Nc2ccc(N3CCN4CCC3CC4)cc2)c1. The van der Waals surface area contributed by atoms with Crippen LogP contribution in [0.25, 0.3) is 0 Å². The summed E-state index contributed by atoms with van der Waals surface area (Å²) >= 11 is 0. The fraction of sp³-hybridized carbons (Fsp3) is 0.364. The first kappa shape index (κ1) is 18.5. The van der Waals surface area contributed by atoms with E-state index in [-0.39, 0.29) is 11.8 Å². The summed E-state index contributed by atoms with van der Waals surface area (Å²) in [6, 6.07) is 15.7. The predicted octanol–water partition coefficient (Wildman–Crippen LogP) is 3.18. The fourth-order valence-electron chi connectivity index (χ4n) is 4.11. The minimum atomic E-state index is -0.193. The largest absolute Gasteiger partial charge is 0.367 e. The van der Waals surface area contributed by atoms with Crippen LogP contribution in [0.3, 0.4) is 0 Å². The second-order valence-electron chi connectivity index (χ2n) is 7.53. The van der Waals surface area contributed by atoms with E-state index in [1.54, 1.807) is 24.3 Å². The van der Waals surface area contributed by atoms with Gasteiger partial charge in [-0.1, -0.05) is 6.07 Å². The Bertz CT molecular complexity index is 857. The van der Waals surface area contributed by atoms with E-state index >= 15 is 0 Å². The number of nitrogens with one attached hydrogen (secondary N) is 2. The van der Waals surface area contributed by atoms with Gasteiger partial charge in [0.15, 0.2) is 0 Å². The molecule has 0 radical (unpaired) electrons. The molecule has 2 aromatic carbocycles. The molecule has 6 nitrogen and oxygen atoms in total. The summed E-state index contributed by atoms with van der Waals surface area (Å²) in [5.74, 6) is -0.354. The first-order valence-electron chi connectivity index (χ1n) is 9.86. The van der Waals surface area contributed by atoms with Crippen molar-refractivity contribution in [1.82, 2.24) is 4.90 Å². The molecule has 2 N–H and O–H groups in total. The lowest BCUT2D eigenvalue weighted by molar-refractivity contribution is -0.114. The molecular weight excluding hydrogens is 352 g/mol. The average Bonchev–Trinajstić information content (AvgIpc) is 3.02. The smallest absolute Gasteiger partial charge is 0.255 e. The lowest BCUT2D eigenvalue weighted by atomic mass is 10.0. The third-order valence-electron chi connectivity index (χ3n) is 5.56. The first-order valence-corrected chi connectivity index (χ1v) is 9.86. The molecule has 0 aromatic heterocycles. The van der Waals surface area contributed by atoms with Crippen molar-refractivity contribution < 1.29 is 9.59 Å². The van der Waals surface area contributed by atoms with Crippen molar-refractivity contribution in [2.24, 2.45) is 0 Å². The average molecular weight is 378 g/mol. The van der Waals surface area contributed by atoms with Gasteiger partial charge in [-0.2, -0.15) is 0 Å². The highest BCUT2D eigenvalue weighted by Crippen LogP contribution is 2.27. The quantitative estimate of drug-likeness (QED) is 0.858. The van der Waals surface area contributed by atoms with E-state index in [4.69, 9.17) is 0 Å². The molecule has 3 aliphatic heterocycles. The Hall–Kier alpha value is -2.86. The number of piperidine rings is 1. The van der Waals surface area contributed by atoms with Crippen molar-refractivity contribution in [2.75, 3.05) is 41.7 Å². The number of fused-ring (bicyclic) bond motifs is 4. The fourth-order valence-corrected chi connectivity index (χ4v) is 4.11. The van der Waals surface area contributed by atoms with Gasteiger partial charge >= 0.3 is 0 Å². The van der Waals surface area contributed by atoms with Gasteiger partial charge in [0.1, 0.15) is 0 Å². The predicted molar refractivity (Wildman–Crippen MR) is 112 cm³/mol. The van der Waals surface area contributed by atoms with Crippen LogP contribution >= 0.6 is 0 Å². The Kier molecular flexibility index (Phi) is 5.30. The second kappa shape index (κ2) is 8.02. The van der Waals surface area contributed by atoms with Gasteiger partial charge in [-0.25, -0.2) is 0 Å². The highest BCUT2D eigenvalue weighted by molar-refractivity contribution is 6.05. The minimum absolute atomic E-state index is 0.160. The Balaban J connectivity index is 1.43. The molecule has 2 amide bonds. The number of hydrogen-bond donors (Lipinski definition) is 2. The number of rotatable bonds is 4. The van der Waals surface area contributed by atoms with Crippen LogP contribution in [-0.2, 0) is 4.79 Å². The van der Waals surface area contributed by atoms with E-state index in [1.807, 2.05) is 12.1 Å². The number of carbonyl (C=O) groups is 2. The van der Waals surface area contributed by atoms with Crippen molar-refractivity contribution in [3.05, 3.63) is 54.1 Å². The lowest BCUT2D eigenvalue weighted by Gasteiger charge is -2.33. The zero-order valence-corrected chi connectivity index (χ0v) is 16.1. The Morgan fingerprint density at radius 1 is 0.893 bits per heavy atom. The molecule has 0 atom stereocenters. The van der Waals surface area contributed by atoms with Gasteiger partial charge in [0.25, 0.3) is 5.91 Å². The maximum Gasteiger partial charge on any atom is 0.255 e. The molecule has 2 aromatic rings. The minimum Gasteiger partial charge on any atom is -0.367 e. The molecule has 6 heteroatoms. The molecule has 0 spiro atoms. The van der Waals surface area contributed by atoms with Gasteiger partial charge in [-0.15, -0.1) is 0 Å². The van der Waals surface area contributed by atoms with Crippen LogP contribution in [0.4, 0.5) is 17.1 Å². The molecule has 3 saturated heterocycles. The van der Waals surface area contributed by atoms with Crippen LogP contribution in [0.2, 0.25) is 0 Å². The van der Waals surface area contributed by atoms with Crippen molar-refractivity contribution in [1.29, 1.82) is 0 Å². The Morgan fingerprint density at radius 3 is 2.36 bits per heavy atom. The third-order valence-corrected chi connectivity index (χ3v) is 5.56. The molecule has 146 valence electrons. The topological polar surface area (TPSA) is 64.7 Å². The summed E-state index contributed by atoms with van der Waals surface area (Å²) in [4.78, 5) is 28.8. The third kappa shape index (κ3) is 4.17. The highest BCUT2D eigenvalue weighted by atomic mass is 16.2. The molecule has 2 bridgehead atoms. The number of hydrogen-bond acceptors (Lipinski definition) is 4. The van der Waals surface area contributed by atoms with E-state index in [2.05, 4.69) is 32.6 Å². The van der Waals surface area contributed by atoms with Crippen molar-refractivity contribution in [2.45, 2.75) is 25.8 Å². The van der Waals surface area contributed by atoms with E-state index in [0.29, 0.717) is 17.3 Å². The molecule has 0 unspecified atom stereocenters. The van der Waals surface area contributed by atoms with Gasteiger partial charge in [0.2, 0.25) is 5.91 Å². The summed E-state index contributed by atoms with van der Waals surface area (Å²) in [5, 5.41) is 5.63. The van der Waals surface area contributed by atoms with Gasteiger partial charge in [-0.3, -0.25) is 9.59 Å². The highest BCUT2D eigenvalue weighted by Gasteiger charge is 2.28. The van der Waals surface area contributed by atoms with Crippen molar-refractivity contribution >= 4 is 28.9 Å². The van der Waals surface area contributed by atoms with Crippen molar-refractivity contribution in [3.63, 3.8) is 0 Å². The second-order valence-corrected chi connectivity index (χ2v) is 7.53. The summed E-state index contributed by atoms with van der Waals surface area (Å²) < 4.78 is 0. The standard InChI is InChI=1S/C22H26N4O2/c1-16(27)23-19-4-2-3-17(15-19)22(28)24-18-5-7-20(8-6-18)26-14-13-25-11-9-21(26)10-12-25/h2-8,15,21H,9-14H2,1H3,(H,23,27)(H,24,28). The van der Waals surface area contributed by atoms with E-state index in [0.717, 1.165) is 18.8 Å². The molecule has 3 heterocycles. The van der Waals surface area contributed by atoms with Crippen LogP contribution in [0.1, 0.15) is 30.1 Å². The van der Waals surface area contributed by atoms with Crippen LogP contribution in [0.5, 0.6) is 0 Å². The normalized spacial score (nSPS) is 21.1. The number of amides is 2. The molecule has 5 rings (SSSR count). The lowest BCUT2D eigenvalue weighted by Crippen LogP contribution is -2.37. The zero-order valence-electron chi connectivity index (χ0n) is 16.1. The summed E-state index contributed by atoms with van der Waals surface area (Å²) in [6.07, 6.45) is 2.45. The molecule has 3 fully saturated rings. The molecule has 0 aliphatic carbocycles. The van der Waals surface area contributed by atoms with Gasteiger partial charge in [0, 0.05) is 61.8 Å². The Morgan fingerprint density at radius 2 is 1.64 bits per heavy atom. The van der Waals surface area contributed by atoms with Gasteiger partial charge < -0.3 is 20.4 Å². The monoisotopic (exact) mass is 378 g/mol. The first-order chi connectivity index (χ1) is 13.6. The number of anilines is 3. The number of carbonyl (C=O) groups excluding carboxylic acids is 2. The molecule has 0 saturated carbocycles. The molecular formula is C22H26N4O2. The summed E-state index contributed by atoms with van der Waals surface area (Å²) in [5.41, 5.74) is 3.11. The molecule has 3 aliphatic rings. The summed E-state index contributed by atoms with van der Waals surface area (Å²) in [6.45, 7) is 6.04. The number of nitrogens with zero attached hydrogens (tertiary/aromatic N) is 2. The van der Waals surface area contributed by atoms with Crippen LogP contribution in [0.15, 0.2) is 48.5 Å². The van der Waals surface area contributed by atoms with Crippen LogP contribution in [-0.4, -0.2) is 48.9 Å². The maximum atomic E-state index is 12.5. The zero-order chi connectivity index (χ0) is 19.5. The van der Waals surface area contributed by atoms with Gasteiger partial charge in [0.05, 0.1) is 0 Å².